The summed E-state index contributed by atoms with van der Waals surface area (Å²) in [5.41, 5.74) is 2.68. The summed E-state index contributed by atoms with van der Waals surface area (Å²) in [6.45, 7) is 2.04. The van der Waals surface area contributed by atoms with Gasteiger partial charge in [-0.2, -0.15) is 0 Å². The van der Waals surface area contributed by atoms with Crippen molar-refractivity contribution in [3.05, 3.63) is 0 Å². The second-order valence-corrected chi connectivity index (χ2v) is 4.19. The Morgan fingerprint density at radius 2 is 2.12 bits per heavy atom. The molecule has 2 amide bonds. The molecule has 2 rings (SSSR count). The number of carbonyl (C=O) groups excluding carboxylic acids is 3. The topological polar surface area (TPSA) is 69.7 Å². The van der Waals surface area contributed by atoms with Gasteiger partial charge in [-0.05, 0) is 13.3 Å². The van der Waals surface area contributed by atoms with Crippen molar-refractivity contribution in [2.75, 3.05) is 20.1 Å². The third kappa shape index (κ3) is 1.49. The molecular formula is C10H15N3O3. The molecule has 6 nitrogen and oxygen atoms in total. The van der Waals surface area contributed by atoms with E-state index in [0.717, 1.165) is 0 Å². The first kappa shape index (κ1) is 11.1. The largest absolute Gasteiger partial charge is 0.328 e. The molecule has 0 spiro atoms. The van der Waals surface area contributed by atoms with E-state index >= 15 is 0 Å². The van der Waals surface area contributed by atoms with E-state index in [1.807, 2.05) is 0 Å². The number of Topliss-reactive ketones (excluding diaryl/α,β-unsaturated/α-hetero) is 1. The molecule has 0 bridgehead atoms. The van der Waals surface area contributed by atoms with Crippen molar-refractivity contribution in [1.82, 2.24) is 15.3 Å². The Morgan fingerprint density at radius 1 is 1.44 bits per heavy atom. The summed E-state index contributed by atoms with van der Waals surface area (Å²) < 4.78 is 0. The van der Waals surface area contributed by atoms with Crippen LogP contribution in [0.5, 0.6) is 0 Å². The van der Waals surface area contributed by atoms with Gasteiger partial charge in [0.25, 0.3) is 5.91 Å². The summed E-state index contributed by atoms with van der Waals surface area (Å²) in [5.74, 6) is -0.637. The number of ketones is 1. The SMILES string of the molecule is CNN1CC(=O)N2CCC(C(C)=O)C2C1=O. The van der Waals surface area contributed by atoms with Crippen molar-refractivity contribution in [3.63, 3.8) is 0 Å². The predicted molar refractivity (Wildman–Crippen MR) is 55.1 cm³/mol. The van der Waals surface area contributed by atoms with Crippen LogP contribution < -0.4 is 5.43 Å². The molecule has 2 atom stereocenters. The van der Waals surface area contributed by atoms with E-state index in [-0.39, 0.29) is 30.1 Å². The lowest BCUT2D eigenvalue weighted by molar-refractivity contribution is -0.158. The van der Waals surface area contributed by atoms with Crippen molar-refractivity contribution >= 4 is 17.6 Å². The maximum absolute atomic E-state index is 12.0. The third-order valence-electron chi connectivity index (χ3n) is 3.32. The number of amides is 2. The van der Waals surface area contributed by atoms with Crippen LogP contribution in [0.25, 0.3) is 0 Å². The number of hydrogen-bond acceptors (Lipinski definition) is 4. The van der Waals surface area contributed by atoms with Crippen molar-refractivity contribution in [2.45, 2.75) is 19.4 Å². The highest BCUT2D eigenvalue weighted by Crippen LogP contribution is 2.29. The highest BCUT2D eigenvalue weighted by Gasteiger charge is 2.48. The fourth-order valence-corrected chi connectivity index (χ4v) is 2.46. The van der Waals surface area contributed by atoms with Crippen LogP contribution in [0.3, 0.4) is 0 Å². The minimum absolute atomic E-state index is 0.0217. The molecule has 0 aromatic rings. The smallest absolute Gasteiger partial charge is 0.260 e. The average Bonchev–Trinajstić information content (AvgIpc) is 2.68. The maximum atomic E-state index is 12.0. The Labute approximate surface area is 93.5 Å². The van der Waals surface area contributed by atoms with Crippen molar-refractivity contribution in [2.24, 2.45) is 5.92 Å². The zero-order chi connectivity index (χ0) is 11.9. The Balaban J connectivity index is 2.28. The molecule has 2 heterocycles. The van der Waals surface area contributed by atoms with E-state index in [4.69, 9.17) is 0 Å². The number of rotatable bonds is 2. The number of hydrazine groups is 1. The Hall–Kier alpha value is -1.43. The summed E-state index contributed by atoms with van der Waals surface area (Å²) in [4.78, 5) is 36.7. The summed E-state index contributed by atoms with van der Waals surface area (Å²) in [7, 11) is 1.60. The molecule has 88 valence electrons. The van der Waals surface area contributed by atoms with Gasteiger partial charge in [0.2, 0.25) is 5.91 Å². The molecule has 0 saturated carbocycles. The molecule has 2 unspecified atom stereocenters. The minimum atomic E-state index is -0.591. The molecule has 16 heavy (non-hydrogen) atoms. The van der Waals surface area contributed by atoms with E-state index in [1.54, 1.807) is 7.05 Å². The highest BCUT2D eigenvalue weighted by atomic mass is 16.2. The van der Waals surface area contributed by atoms with Gasteiger partial charge in [-0.25, -0.2) is 5.43 Å². The quantitative estimate of drug-likeness (QED) is 0.639. The van der Waals surface area contributed by atoms with Gasteiger partial charge in [-0.1, -0.05) is 0 Å². The second kappa shape index (κ2) is 3.86. The van der Waals surface area contributed by atoms with Gasteiger partial charge in [-0.15, -0.1) is 0 Å². The Bertz CT molecular complexity index is 349. The summed E-state index contributed by atoms with van der Waals surface area (Å²) in [5, 5.41) is 1.28. The van der Waals surface area contributed by atoms with Crippen molar-refractivity contribution < 1.29 is 14.4 Å². The average molecular weight is 225 g/mol. The Morgan fingerprint density at radius 3 is 2.69 bits per heavy atom. The number of piperazine rings is 1. The fourth-order valence-electron chi connectivity index (χ4n) is 2.46. The molecular weight excluding hydrogens is 210 g/mol. The van der Waals surface area contributed by atoms with Gasteiger partial charge in [-0.3, -0.25) is 19.4 Å². The first-order valence-corrected chi connectivity index (χ1v) is 5.35. The number of hydrogen-bond donors (Lipinski definition) is 1. The summed E-state index contributed by atoms with van der Waals surface area (Å²) in [6.07, 6.45) is 0.592. The molecule has 2 aliphatic rings. The van der Waals surface area contributed by atoms with Crippen LogP contribution in [0, 0.1) is 5.92 Å². The molecule has 2 fully saturated rings. The van der Waals surface area contributed by atoms with E-state index in [1.165, 1.54) is 16.8 Å². The third-order valence-corrected chi connectivity index (χ3v) is 3.32. The van der Waals surface area contributed by atoms with Crippen LogP contribution in [-0.2, 0) is 14.4 Å². The molecule has 2 saturated heterocycles. The first-order valence-electron chi connectivity index (χ1n) is 5.35. The molecule has 0 aliphatic carbocycles. The van der Waals surface area contributed by atoms with Crippen LogP contribution >= 0.6 is 0 Å². The molecule has 2 aliphatic heterocycles. The lowest BCUT2D eigenvalue weighted by atomic mass is 9.94. The number of carbonyl (C=O) groups is 3. The first-order chi connectivity index (χ1) is 7.56. The molecule has 0 aromatic carbocycles. The van der Waals surface area contributed by atoms with Crippen molar-refractivity contribution in [1.29, 1.82) is 0 Å². The standard InChI is InChI=1S/C10H15N3O3/c1-6(14)7-3-4-12-8(15)5-13(11-2)10(16)9(7)12/h7,9,11H,3-5H2,1-2H3. The van der Waals surface area contributed by atoms with Gasteiger partial charge in [0.05, 0.1) is 0 Å². The number of nitrogens with one attached hydrogen (secondary N) is 1. The minimum Gasteiger partial charge on any atom is -0.328 e. The zero-order valence-corrected chi connectivity index (χ0v) is 9.40. The Kier molecular flexibility index (Phi) is 2.67. The molecule has 6 heteroatoms. The van der Waals surface area contributed by atoms with Crippen LogP contribution in [0.15, 0.2) is 0 Å². The van der Waals surface area contributed by atoms with Crippen molar-refractivity contribution in [3.8, 4) is 0 Å². The lowest BCUT2D eigenvalue weighted by Gasteiger charge is -2.37. The number of fused-ring (bicyclic) bond motifs is 1. The van der Waals surface area contributed by atoms with Gasteiger partial charge < -0.3 is 4.90 Å². The summed E-state index contributed by atoms with van der Waals surface area (Å²) >= 11 is 0. The monoisotopic (exact) mass is 225 g/mol. The number of nitrogens with zero attached hydrogens (tertiary/aromatic N) is 2. The lowest BCUT2D eigenvalue weighted by Crippen LogP contribution is -2.62. The molecule has 0 radical (unpaired) electrons. The van der Waals surface area contributed by atoms with E-state index in [2.05, 4.69) is 5.43 Å². The maximum Gasteiger partial charge on any atom is 0.260 e. The van der Waals surface area contributed by atoms with E-state index in [0.29, 0.717) is 13.0 Å². The second-order valence-electron chi connectivity index (χ2n) is 4.19. The van der Waals surface area contributed by atoms with E-state index in [9.17, 15) is 14.4 Å². The molecule has 1 N–H and O–H groups in total. The van der Waals surface area contributed by atoms with Crippen LogP contribution in [-0.4, -0.2) is 53.7 Å². The molecule has 0 aromatic heterocycles. The zero-order valence-electron chi connectivity index (χ0n) is 9.40. The van der Waals surface area contributed by atoms with Crippen LogP contribution in [0.2, 0.25) is 0 Å². The van der Waals surface area contributed by atoms with Crippen LogP contribution in [0.4, 0.5) is 0 Å². The van der Waals surface area contributed by atoms with Gasteiger partial charge in [0.15, 0.2) is 0 Å². The van der Waals surface area contributed by atoms with Gasteiger partial charge >= 0.3 is 0 Å². The predicted octanol–water partition coefficient (Wildman–Crippen LogP) is -1.23. The van der Waals surface area contributed by atoms with E-state index < -0.39 is 6.04 Å². The highest BCUT2D eigenvalue weighted by molar-refractivity contribution is 5.98. The van der Waals surface area contributed by atoms with Gasteiger partial charge in [0.1, 0.15) is 18.4 Å². The van der Waals surface area contributed by atoms with Crippen LogP contribution in [0.1, 0.15) is 13.3 Å². The van der Waals surface area contributed by atoms with Gasteiger partial charge in [0, 0.05) is 19.5 Å². The normalized spacial score (nSPS) is 29.6. The summed E-state index contributed by atoms with van der Waals surface area (Å²) in [6, 6.07) is -0.591. The fraction of sp³-hybridized carbons (Fsp3) is 0.700.